The van der Waals surface area contributed by atoms with Crippen LogP contribution in [0.5, 0.6) is 0 Å². The monoisotopic (exact) mass is 306 g/mol. The maximum atomic E-state index is 11.9. The average molecular weight is 306 g/mol. The maximum Gasteiger partial charge on any atom is 0.311 e. The molecule has 0 aromatic carbocycles. The lowest BCUT2D eigenvalue weighted by atomic mass is 9.68. The first-order chi connectivity index (χ1) is 10.4. The third kappa shape index (κ3) is 2.44. The fourth-order valence-electron chi connectivity index (χ4n) is 4.13. The van der Waals surface area contributed by atoms with E-state index in [0.29, 0.717) is 0 Å². The molecule has 0 amide bonds. The fourth-order valence-corrected chi connectivity index (χ4v) is 4.13. The molecule has 0 aliphatic carbocycles. The zero-order valence-corrected chi connectivity index (χ0v) is 13.7. The number of carboxylic acid groups (broad SMARTS) is 1. The van der Waals surface area contributed by atoms with Crippen molar-refractivity contribution in [1.82, 2.24) is 19.6 Å². The Morgan fingerprint density at radius 1 is 1.41 bits per heavy atom. The number of rotatable bonds is 3. The van der Waals surface area contributed by atoms with Gasteiger partial charge in [-0.25, -0.2) is 0 Å². The number of likely N-dealkylation sites (N-methyl/N-ethyl adjacent to an activating group) is 1. The Kier molecular flexibility index (Phi) is 3.99. The van der Waals surface area contributed by atoms with Gasteiger partial charge in [0.25, 0.3) is 0 Å². The highest BCUT2D eigenvalue weighted by molar-refractivity contribution is 5.76. The lowest BCUT2D eigenvalue weighted by Gasteiger charge is -2.51. The van der Waals surface area contributed by atoms with E-state index in [2.05, 4.69) is 28.9 Å². The van der Waals surface area contributed by atoms with Gasteiger partial charge in [0.2, 0.25) is 0 Å². The van der Waals surface area contributed by atoms with E-state index in [1.807, 2.05) is 17.9 Å². The molecule has 1 N–H and O–H groups in total. The zero-order valence-electron chi connectivity index (χ0n) is 13.7. The van der Waals surface area contributed by atoms with E-state index in [0.717, 1.165) is 45.4 Å². The Labute approximate surface area is 131 Å². The molecule has 2 aliphatic rings. The second kappa shape index (κ2) is 5.66. The van der Waals surface area contributed by atoms with Gasteiger partial charge >= 0.3 is 5.97 Å². The summed E-state index contributed by atoms with van der Waals surface area (Å²) >= 11 is 0. The number of carbonyl (C=O) groups is 1. The molecule has 3 rings (SSSR count). The van der Waals surface area contributed by atoms with Gasteiger partial charge in [-0.3, -0.25) is 14.4 Å². The molecule has 6 heteroatoms. The topological polar surface area (TPSA) is 61.6 Å². The Hall–Kier alpha value is -1.40. The second-order valence-electron chi connectivity index (χ2n) is 6.93. The first-order valence-corrected chi connectivity index (χ1v) is 8.07. The van der Waals surface area contributed by atoms with Crippen LogP contribution in [-0.4, -0.2) is 63.4 Å². The first-order valence-electron chi connectivity index (χ1n) is 8.07. The molecule has 0 unspecified atom stereocenters. The normalized spacial score (nSPS) is 30.2. The van der Waals surface area contributed by atoms with Gasteiger partial charge in [0, 0.05) is 37.4 Å². The Balaban J connectivity index is 1.76. The molecular weight excluding hydrogens is 280 g/mol. The summed E-state index contributed by atoms with van der Waals surface area (Å²) in [7, 11) is 4.03. The van der Waals surface area contributed by atoms with Crippen LogP contribution in [0.15, 0.2) is 6.20 Å². The minimum atomic E-state index is -0.610. The highest BCUT2D eigenvalue weighted by Gasteiger charge is 2.52. The van der Waals surface area contributed by atoms with E-state index in [-0.39, 0.29) is 6.04 Å². The Morgan fingerprint density at radius 2 is 2.18 bits per heavy atom. The second-order valence-corrected chi connectivity index (χ2v) is 6.93. The average Bonchev–Trinajstić information content (AvgIpc) is 2.80. The largest absolute Gasteiger partial charge is 0.481 e. The van der Waals surface area contributed by atoms with Gasteiger partial charge < -0.3 is 10.0 Å². The van der Waals surface area contributed by atoms with E-state index in [4.69, 9.17) is 0 Å². The number of hydrogen-bond acceptors (Lipinski definition) is 4. The van der Waals surface area contributed by atoms with E-state index in [9.17, 15) is 9.90 Å². The number of piperidine rings is 2. The maximum absolute atomic E-state index is 11.9. The summed E-state index contributed by atoms with van der Waals surface area (Å²) in [5.41, 5.74) is 1.88. The van der Waals surface area contributed by atoms with Gasteiger partial charge in [-0.05, 0) is 46.3 Å². The molecule has 22 heavy (non-hydrogen) atoms. The van der Waals surface area contributed by atoms with Crippen LogP contribution in [0.3, 0.4) is 0 Å². The predicted octanol–water partition coefficient (Wildman–Crippen LogP) is 1.10. The summed E-state index contributed by atoms with van der Waals surface area (Å²) in [5, 5.41) is 14.1. The molecule has 0 bridgehead atoms. The van der Waals surface area contributed by atoms with Crippen molar-refractivity contribution in [1.29, 1.82) is 0 Å². The third-order valence-corrected chi connectivity index (χ3v) is 5.77. The first kappa shape index (κ1) is 15.5. The van der Waals surface area contributed by atoms with Gasteiger partial charge in [0.05, 0.1) is 11.6 Å². The molecule has 2 saturated heterocycles. The van der Waals surface area contributed by atoms with Gasteiger partial charge in [0.1, 0.15) is 0 Å². The number of aliphatic carboxylic acids is 1. The van der Waals surface area contributed by atoms with Crippen LogP contribution in [0.4, 0.5) is 0 Å². The van der Waals surface area contributed by atoms with Gasteiger partial charge in [-0.15, -0.1) is 0 Å². The standard InChI is InChI=1S/C16H26N4O2/c1-12-13(9-17-19(12)3)10-20-8-6-16(15(21)22)5-4-7-18(2)14(16)11-20/h9,14H,4-8,10-11H2,1-3H3,(H,21,22)/t14-,16+/m1/s1. The van der Waals surface area contributed by atoms with Gasteiger partial charge in [0.15, 0.2) is 0 Å². The van der Waals surface area contributed by atoms with E-state index >= 15 is 0 Å². The van der Waals surface area contributed by atoms with Gasteiger partial charge in [-0.2, -0.15) is 5.10 Å². The summed E-state index contributed by atoms with van der Waals surface area (Å²) in [6.45, 7) is 5.63. The lowest BCUT2D eigenvalue weighted by molar-refractivity contribution is -0.162. The molecule has 1 aromatic rings. The molecule has 0 radical (unpaired) electrons. The number of carboxylic acids is 1. The molecule has 2 aliphatic heterocycles. The highest BCUT2D eigenvalue weighted by atomic mass is 16.4. The molecule has 6 nitrogen and oxygen atoms in total. The quantitative estimate of drug-likeness (QED) is 0.906. The molecule has 0 saturated carbocycles. The van der Waals surface area contributed by atoms with Crippen LogP contribution in [0.25, 0.3) is 0 Å². The van der Waals surface area contributed by atoms with Crippen LogP contribution < -0.4 is 0 Å². The van der Waals surface area contributed by atoms with Crippen molar-refractivity contribution >= 4 is 5.97 Å². The molecule has 2 atom stereocenters. The minimum Gasteiger partial charge on any atom is -0.481 e. The van der Waals surface area contributed by atoms with Crippen LogP contribution in [0, 0.1) is 12.3 Å². The van der Waals surface area contributed by atoms with E-state index < -0.39 is 11.4 Å². The Morgan fingerprint density at radius 3 is 2.82 bits per heavy atom. The van der Waals surface area contributed by atoms with Crippen LogP contribution >= 0.6 is 0 Å². The van der Waals surface area contributed by atoms with Gasteiger partial charge in [-0.1, -0.05) is 0 Å². The number of aryl methyl sites for hydroxylation is 1. The Bertz CT molecular complexity index is 570. The molecule has 2 fully saturated rings. The molecular formula is C16H26N4O2. The number of fused-ring (bicyclic) bond motifs is 1. The summed E-state index contributed by atoms with van der Waals surface area (Å²) < 4.78 is 1.90. The summed E-state index contributed by atoms with van der Waals surface area (Å²) in [6, 6.07) is 0.115. The van der Waals surface area contributed by atoms with Crippen molar-refractivity contribution in [3.8, 4) is 0 Å². The van der Waals surface area contributed by atoms with Crippen molar-refractivity contribution in [3.63, 3.8) is 0 Å². The molecule has 0 spiro atoms. The van der Waals surface area contributed by atoms with Crippen molar-refractivity contribution in [3.05, 3.63) is 17.5 Å². The van der Waals surface area contributed by atoms with E-state index in [1.54, 1.807) is 0 Å². The number of nitrogens with zero attached hydrogens (tertiary/aromatic N) is 4. The van der Waals surface area contributed by atoms with Crippen molar-refractivity contribution in [2.45, 2.75) is 38.8 Å². The summed E-state index contributed by atoms with van der Waals surface area (Å²) in [5.74, 6) is -0.610. The minimum absolute atomic E-state index is 0.115. The predicted molar refractivity (Wildman–Crippen MR) is 83.6 cm³/mol. The lowest BCUT2D eigenvalue weighted by Crippen LogP contribution is -2.62. The van der Waals surface area contributed by atoms with Crippen molar-refractivity contribution in [2.75, 3.05) is 26.7 Å². The summed E-state index contributed by atoms with van der Waals surface area (Å²) in [4.78, 5) is 16.6. The smallest absolute Gasteiger partial charge is 0.311 e. The van der Waals surface area contributed by atoms with Crippen LogP contribution in [-0.2, 0) is 18.4 Å². The van der Waals surface area contributed by atoms with E-state index in [1.165, 1.54) is 11.3 Å². The number of likely N-dealkylation sites (tertiary alicyclic amines) is 2. The zero-order chi connectivity index (χ0) is 15.9. The van der Waals surface area contributed by atoms with Crippen LogP contribution in [0.1, 0.15) is 30.5 Å². The van der Waals surface area contributed by atoms with Crippen LogP contribution in [0.2, 0.25) is 0 Å². The molecule has 122 valence electrons. The van der Waals surface area contributed by atoms with Crippen molar-refractivity contribution in [2.24, 2.45) is 12.5 Å². The molecule has 3 heterocycles. The molecule has 1 aromatic heterocycles. The third-order valence-electron chi connectivity index (χ3n) is 5.77. The fraction of sp³-hybridized carbons (Fsp3) is 0.750. The number of hydrogen-bond donors (Lipinski definition) is 1. The number of aromatic nitrogens is 2. The SMILES string of the molecule is Cc1c(CN2CC[C@@]3(C(=O)O)CCCN(C)[C@@H]3C2)cnn1C. The highest BCUT2D eigenvalue weighted by Crippen LogP contribution is 2.42. The van der Waals surface area contributed by atoms with Crippen molar-refractivity contribution < 1.29 is 9.90 Å². The summed E-state index contributed by atoms with van der Waals surface area (Å²) in [6.07, 6.45) is 4.48.